The zero-order chi connectivity index (χ0) is 13.1. The van der Waals surface area contributed by atoms with Gasteiger partial charge in [0, 0.05) is 13.1 Å². The summed E-state index contributed by atoms with van der Waals surface area (Å²) in [6.07, 6.45) is 1.62. The maximum atomic E-state index is 13.0. The van der Waals surface area contributed by atoms with Gasteiger partial charge >= 0.3 is 5.97 Å². The van der Waals surface area contributed by atoms with Gasteiger partial charge in [0.05, 0.1) is 6.20 Å². The first-order valence-corrected chi connectivity index (χ1v) is 5.07. The normalized spacial score (nSPS) is 10.3. The number of carboxylic acids is 1. The largest absolute Gasteiger partial charge is 0.486 e. The van der Waals surface area contributed by atoms with Crippen molar-refractivity contribution in [3.05, 3.63) is 41.5 Å². The van der Waals surface area contributed by atoms with Gasteiger partial charge in [0.2, 0.25) is 0 Å². The van der Waals surface area contributed by atoms with Gasteiger partial charge in [0.1, 0.15) is 29.4 Å². The number of hydrogen-bond acceptors (Lipinski definition) is 4. The number of carbonyl (C=O) groups is 1. The summed E-state index contributed by atoms with van der Waals surface area (Å²) < 4.78 is 19.8. The molecule has 0 aliphatic heterocycles. The van der Waals surface area contributed by atoms with Crippen molar-refractivity contribution in [2.45, 2.75) is 6.61 Å². The summed E-state index contributed by atoms with van der Waals surface area (Å²) >= 11 is 0. The minimum atomic E-state index is -1.18. The number of benzene rings is 1. The van der Waals surface area contributed by atoms with Gasteiger partial charge < -0.3 is 9.84 Å². The second-order valence-electron chi connectivity index (χ2n) is 3.62. The molecule has 0 amide bonds. The molecule has 94 valence electrons. The molecular formula is C11H10FN3O3. The number of hydrogen-bond donors (Lipinski definition) is 1. The van der Waals surface area contributed by atoms with Crippen LogP contribution in [0.1, 0.15) is 16.1 Å². The fourth-order valence-electron chi connectivity index (χ4n) is 1.41. The van der Waals surface area contributed by atoms with E-state index < -0.39 is 11.8 Å². The van der Waals surface area contributed by atoms with E-state index in [2.05, 4.69) is 10.3 Å². The topological polar surface area (TPSA) is 77.2 Å². The third-order valence-corrected chi connectivity index (χ3v) is 2.20. The Hall–Kier alpha value is -2.44. The van der Waals surface area contributed by atoms with Crippen LogP contribution in [0.5, 0.6) is 5.75 Å². The van der Waals surface area contributed by atoms with Crippen LogP contribution in [0.4, 0.5) is 4.39 Å². The van der Waals surface area contributed by atoms with Crippen molar-refractivity contribution in [1.82, 2.24) is 15.0 Å². The van der Waals surface area contributed by atoms with Crippen LogP contribution in [0.25, 0.3) is 0 Å². The van der Waals surface area contributed by atoms with Crippen LogP contribution in [0, 0.1) is 5.82 Å². The number of ether oxygens (including phenoxy) is 1. The number of aryl methyl sites for hydroxylation is 1. The van der Waals surface area contributed by atoms with Gasteiger partial charge in [-0.3, -0.25) is 4.68 Å². The summed E-state index contributed by atoms with van der Waals surface area (Å²) in [6.45, 7) is 0.0254. The van der Waals surface area contributed by atoms with E-state index in [4.69, 9.17) is 9.84 Å². The van der Waals surface area contributed by atoms with Gasteiger partial charge in [-0.1, -0.05) is 5.21 Å². The molecule has 7 heteroatoms. The first-order valence-electron chi connectivity index (χ1n) is 5.07. The molecule has 0 saturated carbocycles. The van der Waals surface area contributed by atoms with Crippen LogP contribution in [-0.2, 0) is 13.7 Å². The fraction of sp³-hybridized carbons (Fsp3) is 0.182. The molecule has 1 aromatic heterocycles. The van der Waals surface area contributed by atoms with E-state index in [1.165, 1.54) is 4.68 Å². The van der Waals surface area contributed by atoms with Crippen LogP contribution in [-0.4, -0.2) is 26.1 Å². The van der Waals surface area contributed by atoms with E-state index in [1.807, 2.05) is 0 Å². The Bertz CT molecular complexity index is 583. The molecule has 6 nitrogen and oxygen atoms in total. The van der Waals surface area contributed by atoms with Crippen LogP contribution >= 0.6 is 0 Å². The Kier molecular flexibility index (Phi) is 3.22. The van der Waals surface area contributed by atoms with E-state index in [0.29, 0.717) is 5.69 Å². The third kappa shape index (κ3) is 2.62. The highest BCUT2D eigenvalue weighted by Gasteiger charge is 2.13. The lowest BCUT2D eigenvalue weighted by atomic mass is 10.2. The number of carboxylic acid groups (broad SMARTS) is 1. The molecule has 0 aliphatic carbocycles. The van der Waals surface area contributed by atoms with E-state index in [1.54, 1.807) is 13.2 Å². The molecule has 1 aromatic carbocycles. The van der Waals surface area contributed by atoms with Crippen molar-refractivity contribution in [2.75, 3.05) is 0 Å². The molecule has 1 heterocycles. The highest BCUT2D eigenvalue weighted by molar-refractivity contribution is 5.90. The second-order valence-corrected chi connectivity index (χ2v) is 3.62. The Morgan fingerprint density at radius 1 is 1.56 bits per heavy atom. The van der Waals surface area contributed by atoms with E-state index in [0.717, 1.165) is 18.2 Å². The predicted molar refractivity (Wildman–Crippen MR) is 58.7 cm³/mol. The van der Waals surface area contributed by atoms with Crippen LogP contribution < -0.4 is 4.74 Å². The molecule has 0 unspecified atom stereocenters. The average Bonchev–Trinajstić information content (AvgIpc) is 2.72. The fourth-order valence-corrected chi connectivity index (χ4v) is 1.41. The maximum Gasteiger partial charge on any atom is 0.339 e. The Morgan fingerprint density at radius 3 is 2.94 bits per heavy atom. The lowest BCUT2D eigenvalue weighted by molar-refractivity contribution is 0.0691. The van der Waals surface area contributed by atoms with Crippen LogP contribution in [0.2, 0.25) is 0 Å². The molecule has 2 aromatic rings. The molecule has 1 N–H and O–H groups in total. The number of rotatable bonds is 4. The van der Waals surface area contributed by atoms with E-state index >= 15 is 0 Å². The summed E-state index contributed by atoms with van der Waals surface area (Å²) in [5.41, 5.74) is 0.429. The molecule has 2 rings (SSSR count). The van der Waals surface area contributed by atoms with Crippen LogP contribution in [0.15, 0.2) is 24.4 Å². The summed E-state index contributed by atoms with van der Waals surface area (Å²) in [6, 6.07) is 3.25. The lowest BCUT2D eigenvalue weighted by Crippen LogP contribution is -2.04. The Balaban J connectivity index is 2.17. The highest BCUT2D eigenvalue weighted by atomic mass is 19.1. The van der Waals surface area contributed by atoms with Gasteiger partial charge in [-0.25, -0.2) is 9.18 Å². The molecule has 0 fully saturated rings. The first kappa shape index (κ1) is 12.0. The van der Waals surface area contributed by atoms with E-state index in [9.17, 15) is 9.18 Å². The van der Waals surface area contributed by atoms with Crippen molar-refractivity contribution < 1.29 is 19.0 Å². The van der Waals surface area contributed by atoms with E-state index in [-0.39, 0.29) is 17.9 Å². The van der Waals surface area contributed by atoms with Crippen molar-refractivity contribution in [3.63, 3.8) is 0 Å². The molecule has 18 heavy (non-hydrogen) atoms. The van der Waals surface area contributed by atoms with Gasteiger partial charge in [-0.05, 0) is 12.1 Å². The minimum Gasteiger partial charge on any atom is -0.486 e. The van der Waals surface area contributed by atoms with Crippen LogP contribution in [0.3, 0.4) is 0 Å². The molecule has 0 saturated heterocycles. The standard InChI is InChI=1S/C11H10FN3O3/c1-15-5-8(13-14-15)6-18-10-4-7(12)2-3-9(10)11(16)17/h2-5H,6H2,1H3,(H,16,17). The van der Waals surface area contributed by atoms with Crippen molar-refractivity contribution in [1.29, 1.82) is 0 Å². The second kappa shape index (κ2) is 4.82. The maximum absolute atomic E-state index is 13.0. The van der Waals surface area contributed by atoms with Crippen molar-refractivity contribution in [2.24, 2.45) is 7.05 Å². The predicted octanol–water partition coefficient (Wildman–Crippen LogP) is 1.23. The molecule has 0 atom stereocenters. The summed E-state index contributed by atoms with van der Waals surface area (Å²) in [5.74, 6) is -1.77. The van der Waals surface area contributed by atoms with Gasteiger partial charge in [-0.15, -0.1) is 5.10 Å². The summed E-state index contributed by atoms with van der Waals surface area (Å²) in [5, 5.41) is 16.4. The van der Waals surface area contributed by atoms with Gasteiger partial charge in [0.15, 0.2) is 0 Å². The number of aromatic nitrogens is 3. The number of nitrogens with zero attached hydrogens (tertiary/aromatic N) is 3. The molecule has 0 radical (unpaired) electrons. The first-order chi connectivity index (χ1) is 8.56. The molecule has 0 spiro atoms. The third-order valence-electron chi connectivity index (χ3n) is 2.20. The number of aromatic carboxylic acids is 1. The average molecular weight is 251 g/mol. The lowest BCUT2D eigenvalue weighted by Gasteiger charge is -2.07. The zero-order valence-corrected chi connectivity index (χ0v) is 9.50. The van der Waals surface area contributed by atoms with Crippen molar-refractivity contribution >= 4 is 5.97 Å². The monoisotopic (exact) mass is 251 g/mol. The van der Waals surface area contributed by atoms with Crippen molar-refractivity contribution in [3.8, 4) is 5.75 Å². The zero-order valence-electron chi connectivity index (χ0n) is 9.50. The Morgan fingerprint density at radius 2 is 2.33 bits per heavy atom. The minimum absolute atomic E-state index is 0.0254. The summed E-state index contributed by atoms with van der Waals surface area (Å²) in [7, 11) is 1.70. The van der Waals surface area contributed by atoms with Gasteiger partial charge in [-0.2, -0.15) is 0 Å². The highest BCUT2D eigenvalue weighted by Crippen LogP contribution is 2.20. The SMILES string of the molecule is Cn1cc(COc2cc(F)ccc2C(=O)O)nn1. The van der Waals surface area contributed by atoms with Gasteiger partial charge in [0.25, 0.3) is 0 Å². The molecule has 0 aliphatic rings. The smallest absolute Gasteiger partial charge is 0.339 e. The molecular weight excluding hydrogens is 241 g/mol. The Labute approximate surface area is 102 Å². The quantitative estimate of drug-likeness (QED) is 0.884. The summed E-state index contributed by atoms with van der Waals surface area (Å²) in [4.78, 5) is 10.9. The molecule has 0 bridgehead atoms. The number of halogens is 1.